The number of hydrogen-bond donors (Lipinski definition) is 2. The molecule has 27 heavy (non-hydrogen) atoms. The maximum atomic E-state index is 12.5. The van der Waals surface area contributed by atoms with E-state index in [0.717, 1.165) is 35.9 Å². The summed E-state index contributed by atoms with van der Waals surface area (Å²) in [6.45, 7) is 5.82. The predicted octanol–water partition coefficient (Wildman–Crippen LogP) is 3.60. The van der Waals surface area contributed by atoms with Gasteiger partial charge >= 0.3 is 0 Å². The Labute approximate surface area is 181 Å². The molecular formula is C18H26Cl2N4OS2. The first-order valence-corrected chi connectivity index (χ1v) is 10.5. The number of anilines is 1. The van der Waals surface area contributed by atoms with E-state index in [9.17, 15) is 4.79 Å². The Hall–Kier alpha value is -0.830. The van der Waals surface area contributed by atoms with Crippen LogP contribution in [-0.2, 0) is 13.0 Å². The molecule has 1 saturated heterocycles. The van der Waals surface area contributed by atoms with Crippen LogP contribution in [0.2, 0.25) is 0 Å². The summed E-state index contributed by atoms with van der Waals surface area (Å²) < 4.78 is 0. The summed E-state index contributed by atoms with van der Waals surface area (Å²) in [5.41, 5.74) is 9.27. The fourth-order valence-electron chi connectivity index (χ4n) is 2.83. The second-order valence-corrected chi connectivity index (χ2v) is 8.26. The van der Waals surface area contributed by atoms with Crippen molar-refractivity contribution >= 4 is 59.5 Å². The van der Waals surface area contributed by atoms with Gasteiger partial charge in [0.05, 0.1) is 5.01 Å². The molecule has 2 heterocycles. The summed E-state index contributed by atoms with van der Waals surface area (Å²) >= 11 is 3.50. The number of rotatable bonds is 6. The number of nitrogens with one attached hydrogen (secondary N) is 1. The number of amides is 1. The monoisotopic (exact) mass is 448 g/mol. The Morgan fingerprint density at radius 3 is 2.74 bits per heavy atom. The van der Waals surface area contributed by atoms with Gasteiger partial charge in [0.1, 0.15) is 5.69 Å². The molecule has 0 saturated carbocycles. The highest BCUT2D eigenvalue weighted by molar-refractivity contribution is 7.99. The van der Waals surface area contributed by atoms with Crippen LogP contribution in [0, 0.1) is 6.92 Å². The summed E-state index contributed by atoms with van der Waals surface area (Å²) in [5.74, 6) is 2.24. The molecule has 0 radical (unpaired) electrons. The van der Waals surface area contributed by atoms with Crippen LogP contribution in [0.1, 0.15) is 26.6 Å². The number of benzene rings is 1. The Kier molecular flexibility index (Phi) is 10.7. The molecule has 0 aliphatic carbocycles. The molecule has 0 bridgehead atoms. The fourth-order valence-corrected chi connectivity index (χ4v) is 4.60. The van der Waals surface area contributed by atoms with Gasteiger partial charge in [-0.05, 0) is 30.7 Å². The maximum absolute atomic E-state index is 12.5. The molecule has 0 atom stereocenters. The number of hydrogen-bond acceptors (Lipinski definition) is 6. The molecular weight excluding hydrogens is 423 g/mol. The van der Waals surface area contributed by atoms with Gasteiger partial charge in [0, 0.05) is 48.6 Å². The van der Waals surface area contributed by atoms with Crippen molar-refractivity contribution in [3.63, 3.8) is 0 Å². The lowest BCUT2D eigenvalue weighted by Gasteiger charge is -2.27. The largest absolute Gasteiger partial charge is 0.330 e. The highest BCUT2D eigenvalue weighted by Gasteiger charge is 2.15. The second kappa shape index (κ2) is 11.9. The molecule has 1 aromatic carbocycles. The van der Waals surface area contributed by atoms with E-state index in [0.29, 0.717) is 18.7 Å². The molecule has 1 aromatic heterocycles. The lowest BCUT2D eigenvalue weighted by molar-refractivity contribution is 0.102. The third-order valence-electron chi connectivity index (χ3n) is 4.33. The smallest absolute Gasteiger partial charge is 0.275 e. The van der Waals surface area contributed by atoms with E-state index < -0.39 is 0 Å². The zero-order valence-corrected chi connectivity index (χ0v) is 18.5. The van der Waals surface area contributed by atoms with E-state index in [1.807, 2.05) is 23.9 Å². The zero-order valence-electron chi connectivity index (χ0n) is 15.3. The molecule has 2 aromatic rings. The number of thiazole rings is 1. The van der Waals surface area contributed by atoms with Crippen molar-refractivity contribution in [2.45, 2.75) is 19.9 Å². The minimum Gasteiger partial charge on any atom is -0.330 e. The van der Waals surface area contributed by atoms with Crippen LogP contribution >= 0.6 is 47.9 Å². The third kappa shape index (κ3) is 6.62. The highest BCUT2D eigenvalue weighted by Crippen LogP contribution is 2.22. The number of thioether (sulfide) groups is 1. The number of carbonyl (C=O) groups excluding carboxylic acids is 1. The van der Waals surface area contributed by atoms with E-state index >= 15 is 0 Å². The van der Waals surface area contributed by atoms with Crippen LogP contribution in [0.4, 0.5) is 5.69 Å². The van der Waals surface area contributed by atoms with Gasteiger partial charge in [-0.15, -0.1) is 36.2 Å². The van der Waals surface area contributed by atoms with Crippen molar-refractivity contribution in [2.24, 2.45) is 5.73 Å². The van der Waals surface area contributed by atoms with Gasteiger partial charge in [0.2, 0.25) is 0 Å². The van der Waals surface area contributed by atoms with Crippen LogP contribution < -0.4 is 11.1 Å². The highest BCUT2D eigenvalue weighted by atomic mass is 35.5. The number of carbonyl (C=O) groups is 1. The summed E-state index contributed by atoms with van der Waals surface area (Å²) in [6, 6.07) is 6.11. The molecule has 150 valence electrons. The lowest BCUT2D eigenvalue weighted by atomic mass is 10.1. The number of nitrogens with two attached hydrogens (primary N) is 1. The predicted molar refractivity (Wildman–Crippen MR) is 121 cm³/mol. The second-order valence-electron chi connectivity index (χ2n) is 6.10. The maximum Gasteiger partial charge on any atom is 0.275 e. The van der Waals surface area contributed by atoms with Crippen LogP contribution in [-0.4, -0.2) is 46.9 Å². The molecule has 1 fully saturated rings. The Balaban J connectivity index is 0.00000182. The molecule has 3 N–H and O–H groups in total. The standard InChI is InChI=1S/C18H24N4OS2.2ClH/c1-13-14(11-22-7-9-24-10-8-22)3-2-4-15(13)21-18(23)16-12-25-17(20-16)5-6-19;;/h2-4,12H,5-11,19H2,1H3,(H,21,23);2*1H. The molecule has 0 unspecified atom stereocenters. The zero-order chi connectivity index (χ0) is 17.6. The van der Waals surface area contributed by atoms with Crippen molar-refractivity contribution < 1.29 is 4.79 Å². The Morgan fingerprint density at radius 1 is 1.30 bits per heavy atom. The van der Waals surface area contributed by atoms with Gasteiger partial charge < -0.3 is 11.1 Å². The van der Waals surface area contributed by atoms with Gasteiger partial charge in [0.25, 0.3) is 5.91 Å². The van der Waals surface area contributed by atoms with E-state index in [1.165, 1.54) is 28.4 Å². The molecule has 3 rings (SSSR count). The Bertz CT molecular complexity index is 736. The van der Waals surface area contributed by atoms with Crippen LogP contribution in [0.25, 0.3) is 0 Å². The van der Waals surface area contributed by atoms with E-state index in [4.69, 9.17) is 5.73 Å². The van der Waals surface area contributed by atoms with E-state index in [1.54, 1.807) is 5.38 Å². The van der Waals surface area contributed by atoms with Gasteiger partial charge in [-0.25, -0.2) is 4.98 Å². The third-order valence-corrected chi connectivity index (χ3v) is 6.19. The molecule has 1 amide bonds. The topological polar surface area (TPSA) is 71.2 Å². The summed E-state index contributed by atoms with van der Waals surface area (Å²) in [5, 5.41) is 5.71. The van der Waals surface area contributed by atoms with Crippen LogP contribution in [0.3, 0.4) is 0 Å². The molecule has 1 aliphatic heterocycles. The van der Waals surface area contributed by atoms with Gasteiger partial charge in [-0.3, -0.25) is 9.69 Å². The fraction of sp³-hybridized carbons (Fsp3) is 0.444. The molecule has 0 spiro atoms. The lowest BCUT2D eigenvalue weighted by Crippen LogP contribution is -2.32. The number of aromatic nitrogens is 1. The van der Waals surface area contributed by atoms with Gasteiger partial charge in [0.15, 0.2) is 0 Å². The van der Waals surface area contributed by atoms with Crippen molar-refractivity contribution in [2.75, 3.05) is 36.5 Å². The van der Waals surface area contributed by atoms with Crippen molar-refractivity contribution in [3.05, 3.63) is 45.4 Å². The van der Waals surface area contributed by atoms with Crippen molar-refractivity contribution in [3.8, 4) is 0 Å². The summed E-state index contributed by atoms with van der Waals surface area (Å²) in [7, 11) is 0. The average Bonchev–Trinajstić information content (AvgIpc) is 3.08. The number of halogens is 2. The minimum atomic E-state index is -0.158. The van der Waals surface area contributed by atoms with Gasteiger partial charge in [-0.1, -0.05) is 12.1 Å². The number of nitrogens with zero attached hydrogens (tertiary/aromatic N) is 2. The molecule has 1 aliphatic rings. The van der Waals surface area contributed by atoms with Gasteiger partial charge in [-0.2, -0.15) is 11.8 Å². The molecule has 9 heteroatoms. The first kappa shape index (κ1) is 24.2. The summed E-state index contributed by atoms with van der Waals surface area (Å²) in [4.78, 5) is 19.3. The quantitative estimate of drug-likeness (QED) is 0.705. The average molecular weight is 449 g/mol. The Morgan fingerprint density at radius 2 is 2.04 bits per heavy atom. The van der Waals surface area contributed by atoms with E-state index in [-0.39, 0.29) is 30.7 Å². The van der Waals surface area contributed by atoms with E-state index in [2.05, 4.69) is 28.2 Å². The van der Waals surface area contributed by atoms with Crippen LogP contribution in [0.5, 0.6) is 0 Å². The van der Waals surface area contributed by atoms with Crippen molar-refractivity contribution in [1.82, 2.24) is 9.88 Å². The first-order chi connectivity index (χ1) is 12.2. The SMILES string of the molecule is Cc1c(CN2CCSCC2)cccc1NC(=O)c1csc(CCN)n1.Cl.Cl. The van der Waals surface area contributed by atoms with Crippen molar-refractivity contribution in [1.29, 1.82) is 0 Å². The minimum absolute atomic E-state index is 0. The summed E-state index contributed by atoms with van der Waals surface area (Å²) in [6.07, 6.45) is 0.709. The van der Waals surface area contributed by atoms with Crippen LogP contribution in [0.15, 0.2) is 23.6 Å². The first-order valence-electron chi connectivity index (χ1n) is 8.52. The molecule has 5 nitrogen and oxygen atoms in total. The normalized spacial score (nSPS) is 14.1.